The highest BCUT2D eigenvalue weighted by molar-refractivity contribution is 6.34. The molecule has 0 radical (unpaired) electrons. The highest BCUT2D eigenvalue weighted by atomic mass is 35.5. The number of anilines is 1. The number of pyridine rings is 1. The predicted octanol–water partition coefficient (Wildman–Crippen LogP) is 4.96. The van der Waals surface area contributed by atoms with E-state index < -0.39 is 0 Å². The van der Waals surface area contributed by atoms with Crippen molar-refractivity contribution in [2.45, 2.75) is 39.7 Å². The van der Waals surface area contributed by atoms with Crippen molar-refractivity contribution < 1.29 is 9.59 Å². The number of fused-ring (bicyclic) bond motifs is 1. The van der Waals surface area contributed by atoms with Gasteiger partial charge in [0, 0.05) is 36.3 Å². The van der Waals surface area contributed by atoms with E-state index in [4.69, 9.17) is 11.6 Å². The SMILES string of the molecule is Cc1cc(C#Cc2ccccc2)cnc1NC(=O)c1c(Cl)cnn1[C@H]1C[C@@H]2CN(C(=O)C(C)C)C[C@@H]2C1. The Balaban J connectivity index is 1.27. The molecule has 1 aromatic carbocycles. The van der Waals surface area contributed by atoms with Gasteiger partial charge in [0.2, 0.25) is 5.91 Å². The lowest BCUT2D eigenvalue weighted by atomic mass is 10.0. The molecule has 2 aliphatic rings. The van der Waals surface area contributed by atoms with Crippen molar-refractivity contribution in [2.75, 3.05) is 18.4 Å². The Morgan fingerprint density at radius 3 is 2.38 bits per heavy atom. The van der Waals surface area contributed by atoms with Crippen molar-refractivity contribution in [3.8, 4) is 11.8 Å². The molecule has 37 heavy (non-hydrogen) atoms. The summed E-state index contributed by atoms with van der Waals surface area (Å²) in [5, 5.41) is 7.69. The minimum absolute atomic E-state index is 0.0110. The third kappa shape index (κ3) is 5.26. The number of halogens is 1. The summed E-state index contributed by atoms with van der Waals surface area (Å²) in [7, 11) is 0. The number of aromatic nitrogens is 3. The van der Waals surface area contributed by atoms with Crippen LogP contribution in [0.3, 0.4) is 0 Å². The van der Waals surface area contributed by atoms with Crippen LogP contribution >= 0.6 is 11.6 Å². The van der Waals surface area contributed by atoms with Gasteiger partial charge in [0.25, 0.3) is 5.91 Å². The Morgan fingerprint density at radius 2 is 1.73 bits per heavy atom. The lowest BCUT2D eigenvalue weighted by Crippen LogP contribution is -2.33. The van der Waals surface area contributed by atoms with Gasteiger partial charge < -0.3 is 10.2 Å². The fourth-order valence-electron chi connectivity index (χ4n) is 5.45. The van der Waals surface area contributed by atoms with Crippen molar-refractivity contribution in [3.63, 3.8) is 0 Å². The molecule has 2 aromatic heterocycles. The van der Waals surface area contributed by atoms with Gasteiger partial charge in [-0.05, 0) is 55.4 Å². The molecule has 7 nitrogen and oxygen atoms in total. The van der Waals surface area contributed by atoms with Crippen LogP contribution in [0.1, 0.15) is 59.9 Å². The fraction of sp³-hybridized carbons (Fsp3) is 0.379. The van der Waals surface area contributed by atoms with Crippen molar-refractivity contribution >= 4 is 29.2 Å². The molecule has 8 heteroatoms. The highest BCUT2D eigenvalue weighted by Crippen LogP contribution is 2.44. The molecule has 1 N–H and O–H groups in total. The number of nitrogens with one attached hydrogen (secondary N) is 1. The average molecular weight is 516 g/mol. The van der Waals surface area contributed by atoms with Crippen molar-refractivity contribution in [2.24, 2.45) is 17.8 Å². The summed E-state index contributed by atoms with van der Waals surface area (Å²) >= 11 is 6.43. The second-order valence-corrected chi connectivity index (χ2v) is 10.7. The summed E-state index contributed by atoms with van der Waals surface area (Å²) in [6.45, 7) is 7.32. The molecule has 1 aliphatic carbocycles. The van der Waals surface area contributed by atoms with Gasteiger partial charge in [-0.2, -0.15) is 5.10 Å². The molecule has 2 amide bonds. The summed E-state index contributed by atoms with van der Waals surface area (Å²) in [6.07, 6.45) is 4.93. The summed E-state index contributed by atoms with van der Waals surface area (Å²) < 4.78 is 1.76. The van der Waals surface area contributed by atoms with E-state index >= 15 is 0 Å². The maximum absolute atomic E-state index is 13.3. The largest absolute Gasteiger partial charge is 0.342 e. The summed E-state index contributed by atoms with van der Waals surface area (Å²) in [5.74, 6) is 7.42. The molecule has 0 unspecified atom stereocenters. The van der Waals surface area contributed by atoms with Crippen LogP contribution in [0, 0.1) is 36.5 Å². The van der Waals surface area contributed by atoms with E-state index in [1.54, 1.807) is 10.9 Å². The molecule has 190 valence electrons. The molecule has 0 bridgehead atoms. The standard InChI is InChI=1S/C29H30ClN5O2/c1-18(2)29(37)34-16-22-12-24(13-23(22)17-34)35-26(25(30)15-32-35)28(36)33-27-19(3)11-21(14-31-27)10-9-20-7-5-4-6-8-20/h4-8,11,14-15,18,22-24H,12-13,16-17H2,1-3H3,(H,31,33,36)/t22-,23+,24+. The first-order valence-corrected chi connectivity index (χ1v) is 13.0. The van der Waals surface area contributed by atoms with Crippen LogP contribution in [0.5, 0.6) is 0 Å². The molecule has 1 saturated heterocycles. The van der Waals surface area contributed by atoms with Gasteiger partial charge in [-0.1, -0.05) is 55.5 Å². The van der Waals surface area contributed by atoms with Gasteiger partial charge in [0.1, 0.15) is 11.5 Å². The van der Waals surface area contributed by atoms with Crippen LogP contribution in [0.4, 0.5) is 5.82 Å². The first-order chi connectivity index (χ1) is 17.8. The van der Waals surface area contributed by atoms with Gasteiger partial charge in [0.05, 0.1) is 17.3 Å². The van der Waals surface area contributed by atoms with E-state index in [2.05, 4.69) is 27.2 Å². The van der Waals surface area contributed by atoms with Gasteiger partial charge in [0.15, 0.2) is 0 Å². The molecule has 1 saturated carbocycles. The Morgan fingerprint density at radius 1 is 1.05 bits per heavy atom. The molecule has 2 fully saturated rings. The Kier molecular flexibility index (Phi) is 7.03. The smallest absolute Gasteiger partial charge is 0.276 e. The van der Waals surface area contributed by atoms with Crippen molar-refractivity contribution in [1.29, 1.82) is 0 Å². The number of hydrogen-bond donors (Lipinski definition) is 1. The topological polar surface area (TPSA) is 80.1 Å². The summed E-state index contributed by atoms with van der Waals surface area (Å²) in [4.78, 5) is 32.2. The average Bonchev–Trinajstić information content (AvgIpc) is 3.57. The quantitative estimate of drug-likeness (QED) is 0.498. The predicted molar refractivity (Wildman–Crippen MR) is 143 cm³/mol. The van der Waals surface area contributed by atoms with E-state index in [1.165, 1.54) is 6.20 Å². The number of hydrogen-bond acceptors (Lipinski definition) is 4. The minimum Gasteiger partial charge on any atom is -0.342 e. The van der Waals surface area contributed by atoms with E-state index in [0.29, 0.717) is 28.4 Å². The highest BCUT2D eigenvalue weighted by Gasteiger charge is 2.44. The van der Waals surface area contributed by atoms with E-state index in [9.17, 15) is 9.59 Å². The number of carbonyl (C=O) groups excluding carboxylic acids is 2. The van der Waals surface area contributed by atoms with Crippen LogP contribution in [0.15, 0.2) is 48.8 Å². The normalized spacial score (nSPS) is 20.5. The molecule has 5 rings (SSSR count). The van der Waals surface area contributed by atoms with Crippen LogP contribution in [-0.4, -0.2) is 44.6 Å². The molecule has 3 heterocycles. The molecular weight excluding hydrogens is 486 g/mol. The number of amides is 2. The fourth-order valence-corrected chi connectivity index (χ4v) is 5.67. The molecular formula is C29H30ClN5O2. The summed E-state index contributed by atoms with van der Waals surface area (Å²) in [5.41, 5.74) is 2.84. The van der Waals surface area contributed by atoms with E-state index in [0.717, 1.165) is 42.6 Å². The number of rotatable bonds is 4. The maximum atomic E-state index is 13.3. The van der Waals surface area contributed by atoms with Crippen LogP contribution in [0.2, 0.25) is 5.02 Å². The number of carbonyl (C=O) groups is 2. The zero-order valence-electron chi connectivity index (χ0n) is 21.2. The molecule has 3 atom stereocenters. The first-order valence-electron chi connectivity index (χ1n) is 12.7. The molecule has 3 aromatic rings. The van der Waals surface area contributed by atoms with Gasteiger partial charge in [-0.3, -0.25) is 14.3 Å². The van der Waals surface area contributed by atoms with Crippen molar-refractivity contribution in [3.05, 3.63) is 76.2 Å². The first kappa shape index (κ1) is 25.0. The lowest BCUT2D eigenvalue weighted by Gasteiger charge is -2.22. The van der Waals surface area contributed by atoms with Gasteiger partial charge in [-0.25, -0.2) is 4.98 Å². The monoisotopic (exact) mass is 515 g/mol. The van der Waals surface area contributed by atoms with Gasteiger partial charge >= 0.3 is 0 Å². The number of nitrogens with zero attached hydrogens (tertiary/aromatic N) is 4. The minimum atomic E-state index is -0.338. The molecule has 0 spiro atoms. The van der Waals surface area contributed by atoms with Crippen LogP contribution < -0.4 is 5.32 Å². The Hall–Kier alpha value is -3.63. The third-order valence-corrected chi connectivity index (χ3v) is 7.56. The maximum Gasteiger partial charge on any atom is 0.276 e. The second-order valence-electron chi connectivity index (χ2n) is 10.3. The summed E-state index contributed by atoms with van der Waals surface area (Å²) in [6, 6.07) is 11.7. The van der Waals surface area contributed by atoms with Gasteiger partial charge in [-0.15, -0.1) is 0 Å². The number of benzene rings is 1. The second kappa shape index (κ2) is 10.4. The molecule has 1 aliphatic heterocycles. The third-order valence-electron chi connectivity index (χ3n) is 7.28. The van der Waals surface area contributed by atoms with Crippen LogP contribution in [0.25, 0.3) is 0 Å². The zero-order valence-corrected chi connectivity index (χ0v) is 22.0. The zero-order chi connectivity index (χ0) is 26.1. The Labute approximate surface area is 222 Å². The lowest BCUT2D eigenvalue weighted by molar-refractivity contribution is -0.133. The van der Waals surface area contributed by atoms with E-state index in [1.807, 2.05) is 62.1 Å². The number of likely N-dealkylation sites (tertiary alicyclic amines) is 1. The van der Waals surface area contributed by atoms with E-state index in [-0.39, 0.29) is 23.8 Å². The van der Waals surface area contributed by atoms with Crippen LogP contribution in [-0.2, 0) is 4.79 Å². The van der Waals surface area contributed by atoms with Crippen molar-refractivity contribution in [1.82, 2.24) is 19.7 Å². The Bertz CT molecular complexity index is 1370. The number of aryl methyl sites for hydroxylation is 1.